The Labute approximate surface area is 102 Å². The third kappa shape index (κ3) is 2.67. The molecule has 0 bridgehead atoms. The minimum Gasteiger partial charge on any atom is -0.369 e. The molecule has 1 amide bonds. The van der Waals surface area contributed by atoms with Crippen LogP contribution in [0.2, 0.25) is 0 Å². The maximum atomic E-state index is 11.7. The van der Waals surface area contributed by atoms with E-state index in [4.69, 9.17) is 5.73 Å². The molecular formula is C14H20N2O. The number of hydrogen-bond acceptors (Lipinski definition) is 2. The second kappa shape index (κ2) is 5.32. The summed E-state index contributed by atoms with van der Waals surface area (Å²) >= 11 is 0. The summed E-state index contributed by atoms with van der Waals surface area (Å²) < 4.78 is 0. The minimum absolute atomic E-state index is 0.188. The number of carbonyl (C=O) groups is 1. The molecule has 1 saturated heterocycles. The van der Waals surface area contributed by atoms with Gasteiger partial charge in [0.1, 0.15) is 0 Å². The number of nitrogens with one attached hydrogen (secondary N) is 1. The molecule has 3 N–H and O–H groups in total. The molecule has 2 rings (SSSR count). The molecule has 1 aromatic rings. The molecule has 1 aliphatic heterocycles. The number of hydrogen-bond donors (Lipinski definition) is 2. The van der Waals surface area contributed by atoms with Gasteiger partial charge < -0.3 is 11.1 Å². The number of carbonyl (C=O) groups excluding carboxylic acids is 1. The Bertz CT molecular complexity index is 371. The second-order valence-corrected chi connectivity index (χ2v) is 4.85. The minimum atomic E-state index is -0.225. The topological polar surface area (TPSA) is 55.1 Å². The molecular weight excluding hydrogens is 212 g/mol. The van der Waals surface area contributed by atoms with Crippen molar-refractivity contribution in [1.82, 2.24) is 5.32 Å². The first-order chi connectivity index (χ1) is 8.20. The van der Waals surface area contributed by atoms with Crippen molar-refractivity contribution in [2.45, 2.75) is 31.7 Å². The van der Waals surface area contributed by atoms with Gasteiger partial charge in [0.15, 0.2) is 0 Å². The quantitative estimate of drug-likeness (QED) is 0.829. The largest absolute Gasteiger partial charge is 0.369 e. The van der Waals surface area contributed by atoms with Crippen LogP contribution in [0.25, 0.3) is 0 Å². The first-order valence-corrected chi connectivity index (χ1v) is 6.28. The fourth-order valence-electron chi connectivity index (χ4n) is 2.78. The van der Waals surface area contributed by atoms with Crippen LogP contribution in [0.1, 0.15) is 31.2 Å². The van der Waals surface area contributed by atoms with Crippen LogP contribution in [0.5, 0.6) is 0 Å². The molecule has 0 spiro atoms. The molecule has 0 radical (unpaired) electrons. The van der Waals surface area contributed by atoms with Crippen molar-refractivity contribution in [3.05, 3.63) is 35.9 Å². The molecule has 17 heavy (non-hydrogen) atoms. The third-order valence-electron chi connectivity index (χ3n) is 3.72. The van der Waals surface area contributed by atoms with Crippen molar-refractivity contribution in [3.63, 3.8) is 0 Å². The van der Waals surface area contributed by atoms with Crippen LogP contribution < -0.4 is 11.1 Å². The van der Waals surface area contributed by atoms with Crippen LogP contribution in [0, 0.1) is 5.92 Å². The van der Waals surface area contributed by atoms with E-state index in [1.54, 1.807) is 0 Å². The lowest BCUT2D eigenvalue weighted by Gasteiger charge is -2.27. The maximum Gasteiger partial charge on any atom is 0.225 e. The number of primary amides is 1. The van der Waals surface area contributed by atoms with Gasteiger partial charge in [0.05, 0.1) is 5.92 Å². The lowest BCUT2D eigenvalue weighted by Crippen LogP contribution is -2.37. The van der Waals surface area contributed by atoms with Gasteiger partial charge in [-0.15, -0.1) is 0 Å². The van der Waals surface area contributed by atoms with E-state index in [9.17, 15) is 4.79 Å². The van der Waals surface area contributed by atoms with Crippen molar-refractivity contribution in [3.8, 4) is 0 Å². The first-order valence-electron chi connectivity index (χ1n) is 6.28. The van der Waals surface area contributed by atoms with Crippen LogP contribution in [0.3, 0.4) is 0 Å². The van der Waals surface area contributed by atoms with Crippen molar-refractivity contribution in [2.24, 2.45) is 11.7 Å². The Morgan fingerprint density at radius 2 is 2.12 bits per heavy atom. The predicted molar refractivity (Wildman–Crippen MR) is 68.6 cm³/mol. The molecule has 1 fully saturated rings. The summed E-state index contributed by atoms with van der Waals surface area (Å²) in [5, 5.41) is 3.45. The fraction of sp³-hybridized carbons (Fsp3) is 0.500. The molecule has 92 valence electrons. The van der Waals surface area contributed by atoms with E-state index in [1.165, 1.54) is 6.42 Å². The van der Waals surface area contributed by atoms with Crippen molar-refractivity contribution < 1.29 is 4.79 Å². The van der Waals surface area contributed by atoms with E-state index < -0.39 is 0 Å². The molecule has 1 aromatic carbocycles. The number of benzene rings is 1. The van der Waals surface area contributed by atoms with E-state index in [-0.39, 0.29) is 17.7 Å². The van der Waals surface area contributed by atoms with E-state index >= 15 is 0 Å². The highest BCUT2D eigenvalue weighted by atomic mass is 16.1. The van der Waals surface area contributed by atoms with Crippen LogP contribution in [-0.4, -0.2) is 18.5 Å². The van der Waals surface area contributed by atoms with Crippen LogP contribution in [-0.2, 0) is 4.79 Å². The smallest absolute Gasteiger partial charge is 0.225 e. The van der Waals surface area contributed by atoms with Gasteiger partial charge in [0.2, 0.25) is 5.91 Å². The number of nitrogens with two attached hydrogens (primary N) is 1. The van der Waals surface area contributed by atoms with Gasteiger partial charge in [-0.05, 0) is 30.9 Å². The monoisotopic (exact) mass is 232 g/mol. The maximum absolute atomic E-state index is 11.7. The highest BCUT2D eigenvalue weighted by Crippen LogP contribution is 2.29. The predicted octanol–water partition coefficient (Wildman–Crippen LogP) is 1.64. The molecule has 3 atom stereocenters. The summed E-state index contributed by atoms with van der Waals surface area (Å²) in [5.41, 5.74) is 6.60. The van der Waals surface area contributed by atoms with Crippen LogP contribution >= 0.6 is 0 Å². The Hall–Kier alpha value is -1.35. The van der Waals surface area contributed by atoms with Crippen molar-refractivity contribution >= 4 is 5.91 Å². The molecule has 1 aliphatic rings. The fourth-order valence-corrected chi connectivity index (χ4v) is 2.78. The zero-order valence-electron chi connectivity index (χ0n) is 10.2. The Balaban J connectivity index is 2.20. The van der Waals surface area contributed by atoms with Gasteiger partial charge >= 0.3 is 0 Å². The van der Waals surface area contributed by atoms with Gasteiger partial charge in [-0.2, -0.15) is 0 Å². The average Bonchev–Trinajstić information content (AvgIpc) is 2.83. The van der Waals surface area contributed by atoms with Crippen molar-refractivity contribution in [1.29, 1.82) is 0 Å². The number of rotatable bonds is 4. The van der Waals surface area contributed by atoms with Crippen LogP contribution in [0.4, 0.5) is 0 Å². The molecule has 3 heteroatoms. The van der Waals surface area contributed by atoms with Gasteiger partial charge in [0, 0.05) is 6.04 Å². The van der Waals surface area contributed by atoms with E-state index in [0.717, 1.165) is 18.5 Å². The van der Waals surface area contributed by atoms with E-state index in [0.29, 0.717) is 6.04 Å². The third-order valence-corrected chi connectivity index (χ3v) is 3.72. The summed E-state index contributed by atoms with van der Waals surface area (Å²) in [6, 6.07) is 10.3. The van der Waals surface area contributed by atoms with E-state index in [1.807, 2.05) is 30.3 Å². The van der Waals surface area contributed by atoms with Gasteiger partial charge in [-0.25, -0.2) is 0 Å². The van der Waals surface area contributed by atoms with Gasteiger partial charge in [-0.1, -0.05) is 37.3 Å². The molecule has 3 unspecified atom stereocenters. The highest BCUT2D eigenvalue weighted by molar-refractivity contribution is 5.82. The molecule has 0 aliphatic carbocycles. The van der Waals surface area contributed by atoms with Crippen molar-refractivity contribution in [2.75, 3.05) is 6.54 Å². The number of amides is 1. The highest BCUT2D eigenvalue weighted by Gasteiger charge is 2.32. The zero-order valence-corrected chi connectivity index (χ0v) is 10.2. The summed E-state index contributed by atoms with van der Waals surface area (Å²) in [4.78, 5) is 11.7. The van der Waals surface area contributed by atoms with Gasteiger partial charge in [0.25, 0.3) is 0 Å². The van der Waals surface area contributed by atoms with E-state index in [2.05, 4.69) is 12.2 Å². The SMILES string of the molecule is CC(C1CCCN1)C(C(N)=O)c1ccccc1. The summed E-state index contributed by atoms with van der Waals surface area (Å²) in [7, 11) is 0. The summed E-state index contributed by atoms with van der Waals surface area (Å²) in [5.74, 6) is -0.165. The Morgan fingerprint density at radius 1 is 1.41 bits per heavy atom. The molecule has 0 saturated carbocycles. The Morgan fingerprint density at radius 3 is 2.65 bits per heavy atom. The van der Waals surface area contributed by atoms with Gasteiger partial charge in [-0.3, -0.25) is 4.79 Å². The summed E-state index contributed by atoms with van der Waals surface area (Å²) in [6.07, 6.45) is 2.33. The normalized spacial score (nSPS) is 23.2. The molecule has 1 heterocycles. The lowest BCUT2D eigenvalue weighted by molar-refractivity contribution is -0.120. The Kier molecular flexibility index (Phi) is 3.79. The zero-order chi connectivity index (χ0) is 12.3. The van der Waals surface area contributed by atoms with Crippen LogP contribution in [0.15, 0.2) is 30.3 Å². The molecule has 3 nitrogen and oxygen atoms in total. The molecule has 0 aromatic heterocycles. The average molecular weight is 232 g/mol. The second-order valence-electron chi connectivity index (χ2n) is 4.85. The standard InChI is InChI=1S/C14H20N2O/c1-10(12-8-5-9-16-12)13(14(15)17)11-6-3-2-4-7-11/h2-4,6-7,10,12-13,16H,5,8-9H2,1H3,(H2,15,17). The first kappa shape index (κ1) is 12.1. The summed E-state index contributed by atoms with van der Waals surface area (Å²) in [6.45, 7) is 3.17. The lowest BCUT2D eigenvalue weighted by atomic mass is 9.81.